The van der Waals surface area contributed by atoms with Crippen molar-refractivity contribution in [3.8, 4) is 5.82 Å². The minimum atomic E-state index is -0.386. The summed E-state index contributed by atoms with van der Waals surface area (Å²) >= 11 is 0. The number of aromatic amines is 1. The standard InChI is InChI=1S/C21H18N6O3/c1-30-21(29)13-4-5-17-15(9-13)16-10-26(8-6-18(16)25-17)20(28)14-3-2-7-23-19(14)27-12-22-11-24-27/h2-5,7,9,11-12,25H,6,8,10H2,1H3. The number of carbonyl (C=O) groups is 2. The fourth-order valence-corrected chi connectivity index (χ4v) is 3.87. The minimum Gasteiger partial charge on any atom is -0.465 e. The number of rotatable bonds is 3. The van der Waals surface area contributed by atoms with E-state index in [4.69, 9.17) is 4.74 Å². The number of H-pyrrole nitrogens is 1. The van der Waals surface area contributed by atoms with Crippen LogP contribution < -0.4 is 0 Å². The van der Waals surface area contributed by atoms with Gasteiger partial charge < -0.3 is 14.6 Å². The second kappa shape index (κ2) is 7.11. The Balaban J connectivity index is 1.50. The highest BCUT2D eigenvalue weighted by atomic mass is 16.5. The monoisotopic (exact) mass is 402 g/mol. The Hall–Kier alpha value is -4.01. The second-order valence-electron chi connectivity index (χ2n) is 7.03. The summed E-state index contributed by atoms with van der Waals surface area (Å²) in [5.41, 5.74) is 3.98. The average molecular weight is 402 g/mol. The number of esters is 1. The lowest BCUT2D eigenvalue weighted by molar-refractivity contribution is 0.0600. The summed E-state index contributed by atoms with van der Waals surface area (Å²) in [6, 6.07) is 8.90. The zero-order chi connectivity index (χ0) is 20.7. The van der Waals surface area contributed by atoms with E-state index in [-0.39, 0.29) is 11.9 Å². The van der Waals surface area contributed by atoms with Gasteiger partial charge in [0.2, 0.25) is 0 Å². The fraction of sp³-hybridized carbons (Fsp3) is 0.190. The molecule has 0 bridgehead atoms. The molecule has 1 aromatic carbocycles. The highest BCUT2D eigenvalue weighted by Crippen LogP contribution is 2.30. The van der Waals surface area contributed by atoms with Crippen LogP contribution in [0.3, 0.4) is 0 Å². The summed E-state index contributed by atoms with van der Waals surface area (Å²) in [5.74, 6) is -0.0705. The number of pyridine rings is 1. The van der Waals surface area contributed by atoms with E-state index in [1.165, 1.54) is 24.4 Å². The lowest BCUT2D eigenvalue weighted by Crippen LogP contribution is -2.36. The van der Waals surface area contributed by atoms with Crippen molar-refractivity contribution in [2.24, 2.45) is 0 Å². The topological polar surface area (TPSA) is 106 Å². The van der Waals surface area contributed by atoms with Crippen LogP contribution in [0.5, 0.6) is 0 Å². The van der Waals surface area contributed by atoms with Gasteiger partial charge in [-0.3, -0.25) is 4.79 Å². The summed E-state index contributed by atoms with van der Waals surface area (Å²) in [6.45, 7) is 1.01. The van der Waals surface area contributed by atoms with E-state index in [0.717, 1.165) is 22.2 Å². The van der Waals surface area contributed by atoms with E-state index in [0.29, 0.717) is 36.5 Å². The van der Waals surface area contributed by atoms with E-state index >= 15 is 0 Å². The smallest absolute Gasteiger partial charge is 0.337 e. The molecule has 0 fully saturated rings. The molecule has 5 rings (SSSR count). The molecule has 0 spiro atoms. The number of amides is 1. The number of nitrogens with zero attached hydrogens (tertiary/aromatic N) is 5. The summed E-state index contributed by atoms with van der Waals surface area (Å²) in [6.07, 6.45) is 5.24. The van der Waals surface area contributed by atoms with E-state index in [9.17, 15) is 9.59 Å². The average Bonchev–Trinajstić information content (AvgIpc) is 3.45. The first-order valence-electron chi connectivity index (χ1n) is 9.47. The maximum absolute atomic E-state index is 13.3. The molecule has 3 aromatic heterocycles. The molecule has 9 heteroatoms. The summed E-state index contributed by atoms with van der Waals surface area (Å²) < 4.78 is 6.32. The molecule has 0 radical (unpaired) electrons. The van der Waals surface area contributed by atoms with Gasteiger partial charge in [-0.05, 0) is 30.3 Å². The quantitative estimate of drug-likeness (QED) is 0.526. The van der Waals surface area contributed by atoms with Crippen LogP contribution in [0.25, 0.3) is 16.7 Å². The highest BCUT2D eigenvalue weighted by molar-refractivity contribution is 5.99. The highest BCUT2D eigenvalue weighted by Gasteiger charge is 2.27. The van der Waals surface area contributed by atoms with Gasteiger partial charge in [0.15, 0.2) is 5.82 Å². The molecule has 4 heterocycles. The van der Waals surface area contributed by atoms with Crippen molar-refractivity contribution in [3.05, 3.63) is 71.6 Å². The number of methoxy groups -OCH3 is 1. The van der Waals surface area contributed by atoms with Crippen molar-refractivity contribution in [2.75, 3.05) is 13.7 Å². The fourth-order valence-electron chi connectivity index (χ4n) is 3.87. The number of carbonyl (C=O) groups excluding carboxylic acids is 2. The zero-order valence-corrected chi connectivity index (χ0v) is 16.2. The van der Waals surface area contributed by atoms with Crippen LogP contribution in [0.2, 0.25) is 0 Å². The Morgan fingerprint density at radius 2 is 2.13 bits per heavy atom. The van der Waals surface area contributed by atoms with Gasteiger partial charge in [-0.1, -0.05) is 0 Å². The van der Waals surface area contributed by atoms with Crippen molar-refractivity contribution in [3.63, 3.8) is 0 Å². The van der Waals surface area contributed by atoms with E-state index < -0.39 is 0 Å². The van der Waals surface area contributed by atoms with Gasteiger partial charge in [-0.2, -0.15) is 5.10 Å². The van der Waals surface area contributed by atoms with E-state index in [2.05, 4.69) is 20.1 Å². The third-order valence-electron chi connectivity index (χ3n) is 5.34. The van der Waals surface area contributed by atoms with Gasteiger partial charge >= 0.3 is 5.97 Å². The molecule has 0 unspecified atom stereocenters. The van der Waals surface area contributed by atoms with E-state index in [1.54, 1.807) is 29.3 Å². The Labute approximate surface area is 171 Å². The predicted octanol–water partition coefficient (Wildman–Crippen LogP) is 2.13. The van der Waals surface area contributed by atoms with Gasteiger partial charge in [0.1, 0.15) is 12.7 Å². The number of hydrogen-bond donors (Lipinski definition) is 1. The van der Waals surface area contributed by atoms with Crippen LogP contribution in [0.1, 0.15) is 32.0 Å². The molecular formula is C21H18N6O3. The Kier molecular flexibility index (Phi) is 4.27. The number of benzene rings is 1. The molecule has 1 amide bonds. The van der Waals surface area contributed by atoms with Crippen LogP contribution in [0, 0.1) is 0 Å². The van der Waals surface area contributed by atoms with Crippen LogP contribution in [0.4, 0.5) is 0 Å². The van der Waals surface area contributed by atoms with Crippen molar-refractivity contribution in [1.82, 2.24) is 29.6 Å². The third-order valence-corrected chi connectivity index (χ3v) is 5.34. The zero-order valence-electron chi connectivity index (χ0n) is 16.2. The van der Waals surface area contributed by atoms with Crippen molar-refractivity contribution < 1.29 is 14.3 Å². The molecule has 0 saturated heterocycles. The Bertz CT molecular complexity index is 1260. The van der Waals surface area contributed by atoms with Crippen molar-refractivity contribution in [1.29, 1.82) is 0 Å². The molecule has 1 N–H and O–H groups in total. The molecule has 0 atom stereocenters. The summed E-state index contributed by atoms with van der Waals surface area (Å²) in [4.78, 5) is 38.7. The van der Waals surface area contributed by atoms with Crippen LogP contribution >= 0.6 is 0 Å². The van der Waals surface area contributed by atoms with Gasteiger partial charge in [-0.15, -0.1) is 0 Å². The first kappa shape index (κ1) is 18.0. The maximum atomic E-state index is 13.3. The molecule has 0 aliphatic carbocycles. The van der Waals surface area contributed by atoms with Gasteiger partial charge in [0.05, 0.1) is 18.2 Å². The summed E-state index contributed by atoms with van der Waals surface area (Å²) in [5, 5.41) is 5.03. The Morgan fingerprint density at radius 3 is 2.93 bits per heavy atom. The normalized spacial score (nSPS) is 13.3. The number of aromatic nitrogens is 5. The third kappa shape index (κ3) is 2.91. The SMILES string of the molecule is COC(=O)c1ccc2[nH]c3c(c2c1)CN(C(=O)c1cccnc1-n1cncn1)CC3. The lowest BCUT2D eigenvalue weighted by atomic mass is 10.0. The second-order valence-corrected chi connectivity index (χ2v) is 7.03. The van der Waals surface area contributed by atoms with Crippen molar-refractivity contribution >= 4 is 22.8 Å². The predicted molar refractivity (Wildman–Crippen MR) is 107 cm³/mol. The number of ether oxygens (including phenoxy) is 1. The van der Waals surface area contributed by atoms with Gasteiger partial charge in [0.25, 0.3) is 5.91 Å². The van der Waals surface area contributed by atoms with Crippen LogP contribution in [0.15, 0.2) is 49.2 Å². The van der Waals surface area contributed by atoms with Gasteiger partial charge in [0, 0.05) is 47.9 Å². The minimum absolute atomic E-state index is 0.127. The molecule has 4 aromatic rings. The first-order valence-corrected chi connectivity index (χ1v) is 9.47. The molecule has 9 nitrogen and oxygen atoms in total. The van der Waals surface area contributed by atoms with Crippen LogP contribution in [-0.2, 0) is 17.7 Å². The molecule has 150 valence electrons. The molecule has 1 aliphatic rings. The largest absolute Gasteiger partial charge is 0.465 e. The molecule has 30 heavy (non-hydrogen) atoms. The lowest BCUT2D eigenvalue weighted by Gasteiger charge is -2.27. The van der Waals surface area contributed by atoms with Crippen molar-refractivity contribution in [2.45, 2.75) is 13.0 Å². The van der Waals surface area contributed by atoms with Gasteiger partial charge in [-0.25, -0.2) is 19.4 Å². The number of hydrogen-bond acceptors (Lipinski definition) is 6. The molecule has 1 aliphatic heterocycles. The first-order chi connectivity index (χ1) is 14.7. The molecule has 0 saturated carbocycles. The molecular weight excluding hydrogens is 384 g/mol. The number of nitrogens with one attached hydrogen (secondary N) is 1. The summed E-state index contributed by atoms with van der Waals surface area (Å²) in [7, 11) is 1.36. The Morgan fingerprint density at radius 1 is 1.23 bits per heavy atom. The van der Waals surface area contributed by atoms with E-state index in [1.807, 2.05) is 12.1 Å². The van der Waals surface area contributed by atoms with Crippen LogP contribution in [-0.4, -0.2) is 55.2 Å². The maximum Gasteiger partial charge on any atom is 0.337 e. The number of fused-ring (bicyclic) bond motifs is 3.